The van der Waals surface area contributed by atoms with Crippen molar-refractivity contribution in [2.75, 3.05) is 37.6 Å². The largest absolute Gasteiger partial charge is 0.417 e. The molecule has 5 rings (SSSR count). The first-order valence-electron chi connectivity index (χ1n) is 11.0. The number of piperazine rings is 1. The molecule has 3 aliphatic rings. The maximum absolute atomic E-state index is 13.2. The molecule has 0 N–H and O–H groups in total. The van der Waals surface area contributed by atoms with Crippen LogP contribution in [0.5, 0.6) is 0 Å². The molecule has 4 heterocycles. The Bertz CT molecular complexity index is 1110. The molecule has 2 unspecified atom stereocenters. The zero-order valence-electron chi connectivity index (χ0n) is 18.1. The van der Waals surface area contributed by atoms with Gasteiger partial charge in [-0.05, 0) is 36.1 Å². The minimum atomic E-state index is -4.54. The third-order valence-electron chi connectivity index (χ3n) is 6.67. The Morgan fingerprint density at radius 1 is 1.12 bits per heavy atom. The highest BCUT2D eigenvalue weighted by Crippen LogP contribution is 2.37. The van der Waals surface area contributed by atoms with Crippen molar-refractivity contribution >= 4 is 29.0 Å². The monoisotopic (exact) mass is 495 g/mol. The minimum absolute atomic E-state index is 0.0675. The Labute approximate surface area is 198 Å². The van der Waals surface area contributed by atoms with Crippen LogP contribution in [0.15, 0.2) is 36.7 Å². The molecule has 2 atom stereocenters. The number of carbonyl (C=O) groups excluding carboxylic acids is 1. The maximum atomic E-state index is 13.2. The van der Waals surface area contributed by atoms with Crippen molar-refractivity contribution in [3.05, 3.63) is 58.6 Å². The smallest absolute Gasteiger partial charge is 0.334 e. The Kier molecular flexibility index (Phi) is 5.97. The fraction of sp³-hybridized carbons (Fsp3) is 0.435. The van der Waals surface area contributed by atoms with Gasteiger partial charge in [-0.25, -0.2) is 14.4 Å². The van der Waals surface area contributed by atoms with Crippen LogP contribution in [0.3, 0.4) is 0 Å². The molecule has 3 aliphatic heterocycles. The second-order valence-corrected chi connectivity index (χ2v) is 9.29. The summed E-state index contributed by atoms with van der Waals surface area (Å²) >= 11 is 5.72. The van der Waals surface area contributed by atoms with Crippen LogP contribution < -0.4 is 4.90 Å². The Balaban J connectivity index is 1.20. The van der Waals surface area contributed by atoms with Gasteiger partial charge in [-0.2, -0.15) is 13.2 Å². The number of halogens is 5. The van der Waals surface area contributed by atoms with E-state index in [0.29, 0.717) is 36.7 Å². The van der Waals surface area contributed by atoms with E-state index in [4.69, 9.17) is 11.6 Å². The molecule has 1 amide bonds. The van der Waals surface area contributed by atoms with E-state index in [2.05, 4.69) is 19.8 Å². The molecule has 2 bridgehead atoms. The number of benzene rings is 1. The molecular weight excluding hydrogens is 474 g/mol. The molecule has 0 aliphatic carbocycles. The van der Waals surface area contributed by atoms with Crippen LogP contribution in [0.2, 0.25) is 5.02 Å². The van der Waals surface area contributed by atoms with E-state index in [1.54, 1.807) is 17.0 Å². The Morgan fingerprint density at radius 2 is 1.79 bits per heavy atom. The molecule has 1 aromatic carbocycles. The summed E-state index contributed by atoms with van der Waals surface area (Å²) in [5.41, 5.74) is 0.211. The van der Waals surface area contributed by atoms with E-state index >= 15 is 0 Å². The number of aromatic nitrogens is 2. The summed E-state index contributed by atoms with van der Waals surface area (Å²) in [6, 6.07) is 4.13. The van der Waals surface area contributed by atoms with E-state index in [-0.39, 0.29) is 36.1 Å². The average Bonchev–Trinajstić information content (AvgIpc) is 3.37. The van der Waals surface area contributed by atoms with Crippen molar-refractivity contribution in [1.29, 1.82) is 0 Å². The first kappa shape index (κ1) is 23.0. The number of nitrogens with zero attached hydrogens (tertiary/aromatic N) is 5. The summed E-state index contributed by atoms with van der Waals surface area (Å²) in [5, 5.41) is -0.345. The summed E-state index contributed by atoms with van der Waals surface area (Å²) < 4.78 is 52.8. The third kappa shape index (κ3) is 4.48. The SMILES string of the molecule is O=C(CN1CC2CCC(C1)N2c1ncc(F)cn1)N1CC=C(c2ccc(Cl)c(C(F)(F)F)c2)C1. The third-order valence-corrected chi connectivity index (χ3v) is 7.00. The number of amides is 1. The topological polar surface area (TPSA) is 52.6 Å². The van der Waals surface area contributed by atoms with Gasteiger partial charge in [-0.1, -0.05) is 23.7 Å². The summed E-state index contributed by atoms with van der Waals surface area (Å²) in [6.45, 7) is 2.19. The standard InChI is InChI=1S/C23H22ClF4N5O/c24-20-4-1-14(7-19(20)23(26,27)28)15-5-6-32(10-15)21(34)13-31-11-17-2-3-18(12-31)33(17)22-29-8-16(25)9-30-22/h1,4-5,7-9,17-18H,2-3,6,10-13H2. The second-order valence-electron chi connectivity index (χ2n) is 8.88. The molecule has 0 radical (unpaired) electrons. The fourth-order valence-corrected chi connectivity index (χ4v) is 5.30. The summed E-state index contributed by atoms with van der Waals surface area (Å²) in [5.74, 6) is -0.0382. The van der Waals surface area contributed by atoms with E-state index < -0.39 is 17.6 Å². The number of alkyl halides is 3. The first-order chi connectivity index (χ1) is 16.2. The molecule has 2 fully saturated rings. The van der Waals surface area contributed by atoms with E-state index in [1.165, 1.54) is 6.07 Å². The van der Waals surface area contributed by atoms with Gasteiger partial charge in [0.15, 0.2) is 5.82 Å². The quantitative estimate of drug-likeness (QED) is 0.603. The van der Waals surface area contributed by atoms with Gasteiger partial charge in [0.25, 0.3) is 0 Å². The van der Waals surface area contributed by atoms with Gasteiger partial charge < -0.3 is 9.80 Å². The van der Waals surface area contributed by atoms with Crippen molar-refractivity contribution in [2.45, 2.75) is 31.1 Å². The zero-order chi connectivity index (χ0) is 24.0. The van der Waals surface area contributed by atoms with E-state index in [1.807, 2.05) is 0 Å². The van der Waals surface area contributed by atoms with Gasteiger partial charge in [-0.15, -0.1) is 0 Å². The van der Waals surface area contributed by atoms with Gasteiger partial charge in [0.05, 0.1) is 29.5 Å². The number of hydrogen-bond acceptors (Lipinski definition) is 5. The normalized spacial score (nSPS) is 22.9. The van der Waals surface area contributed by atoms with Crippen LogP contribution in [0, 0.1) is 5.82 Å². The van der Waals surface area contributed by atoms with Crippen LogP contribution in [-0.2, 0) is 11.0 Å². The van der Waals surface area contributed by atoms with Crippen molar-refractivity contribution in [1.82, 2.24) is 19.8 Å². The maximum Gasteiger partial charge on any atom is 0.417 e. The molecule has 2 saturated heterocycles. The summed E-state index contributed by atoms with van der Waals surface area (Å²) in [7, 11) is 0. The van der Waals surface area contributed by atoms with Crippen LogP contribution in [0.25, 0.3) is 5.57 Å². The predicted octanol–water partition coefficient (Wildman–Crippen LogP) is 3.87. The van der Waals surface area contributed by atoms with Crippen molar-refractivity contribution in [2.24, 2.45) is 0 Å². The zero-order valence-corrected chi connectivity index (χ0v) is 18.9. The molecule has 1 aromatic heterocycles. The molecule has 0 spiro atoms. The lowest BCUT2D eigenvalue weighted by Gasteiger charge is -2.41. The first-order valence-corrected chi connectivity index (χ1v) is 11.4. The van der Waals surface area contributed by atoms with Crippen molar-refractivity contribution in [3.63, 3.8) is 0 Å². The second kappa shape index (κ2) is 8.81. The lowest BCUT2D eigenvalue weighted by molar-refractivity contribution is -0.137. The minimum Gasteiger partial charge on any atom is -0.334 e. The molecule has 11 heteroatoms. The molecule has 34 heavy (non-hydrogen) atoms. The van der Waals surface area contributed by atoms with Crippen molar-refractivity contribution < 1.29 is 22.4 Å². The number of rotatable bonds is 4. The Morgan fingerprint density at radius 3 is 2.44 bits per heavy atom. The Hall–Kier alpha value is -2.72. The van der Waals surface area contributed by atoms with E-state index in [0.717, 1.165) is 31.3 Å². The van der Waals surface area contributed by atoms with Crippen LogP contribution in [0.4, 0.5) is 23.5 Å². The highest BCUT2D eigenvalue weighted by Gasteiger charge is 2.42. The fourth-order valence-electron chi connectivity index (χ4n) is 5.07. The number of anilines is 1. The number of hydrogen-bond donors (Lipinski definition) is 0. The van der Waals surface area contributed by atoms with Crippen LogP contribution >= 0.6 is 11.6 Å². The molecular formula is C23H22ClF4N5O. The highest BCUT2D eigenvalue weighted by molar-refractivity contribution is 6.31. The molecule has 2 aromatic rings. The number of carbonyl (C=O) groups is 1. The van der Waals surface area contributed by atoms with Gasteiger partial charge in [0.1, 0.15) is 0 Å². The van der Waals surface area contributed by atoms with Crippen LogP contribution in [0.1, 0.15) is 24.0 Å². The van der Waals surface area contributed by atoms with Gasteiger partial charge in [0.2, 0.25) is 11.9 Å². The number of fused-ring (bicyclic) bond motifs is 2. The van der Waals surface area contributed by atoms with Crippen LogP contribution in [-0.4, -0.2) is 70.5 Å². The van der Waals surface area contributed by atoms with Crippen molar-refractivity contribution in [3.8, 4) is 0 Å². The molecule has 180 valence electrons. The molecule has 0 saturated carbocycles. The number of likely N-dealkylation sites (tertiary alicyclic amines) is 1. The lowest BCUT2D eigenvalue weighted by atomic mass is 10.0. The lowest BCUT2D eigenvalue weighted by Crippen LogP contribution is -2.56. The van der Waals surface area contributed by atoms with Gasteiger partial charge in [-0.3, -0.25) is 9.69 Å². The molecule has 6 nitrogen and oxygen atoms in total. The van der Waals surface area contributed by atoms with Gasteiger partial charge in [0, 0.05) is 38.3 Å². The van der Waals surface area contributed by atoms with Gasteiger partial charge >= 0.3 is 6.18 Å². The summed E-state index contributed by atoms with van der Waals surface area (Å²) in [4.78, 5) is 27.1. The highest BCUT2D eigenvalue weighted by atomic mass is 35.5. The average molecular weight is 496 g/mol. The predicted molar refractivity (Wildman–Crippen MR) is 119 cm³/mol. The van der Waals surface area contributed by atoms with E-state index in [9.17, 15) is 22.4 Å². The summed E-state index contributed by atoms with van der Waals surface area (Å²) in [6.07, 6.45) is 1.46.